The van der Waals surface area contributed by atoms with Crippen LogP contribution in [0.3, 0.4) is 0 Å². The predicted octanol–water partition coefficient (Wildman–Crippen LogP) is 3.67. The molecule has 108 valence electrons. The standard InChI is InChI=1S/C12H11BrF3N3S/c13-8-3-1-7(2-4-8)5-9(19-17)10-6-18-11(20-10)12(14,15)16/h1-4,6,9,19H,5,17H2. The smallest absolute Gasteiger partial charge is 0.271 e. The third-order valence-corrected chi connectivity index (χ3v) is 4.35. The zero-order valence-electron chi connectivity index (χ0n) is 10.1. The van der Waals surface area contributed by atoms with Crippen molar-refractivity contribution in [3.05, 3.63) is 50.4 Å². The molecule has 0 aliphatic heterocycles. The summed E-state index contributed by atoms with van der Waals surface area (Å²) in [5.74, 6) is 5.44. The molecule has 0 aliphatic carbocycles. The van der Waals surface area contributed by atoms with E-state index < -0.39 is 17.2 Å². The molecule has 0 radical (unpaired) electrons. The van der Waals surface area contributed by atoms with E-state index in [4.69, 9.17) is 5.84 Å². The van der Waals surface area contributed by atoms with Crippen molar-refractivity contribution < 1.29 is 13.2 Å². The van der Waals surface area contributed by atoms with Gasteiger partial charge in [-0.15, -0.1) is 11.3 Å². The topological polar surface area (TPSA) is 50.9 Å². The van der Waals surface area contributed by atoms with Crippen LogP contribution < -0.4 is 11.3 Å². The van der Waals surface area contributed by atoms with Crippen LogP contribution in [0.4, 0.5) is 13.2 Å². The molecule has 0 saturated carbocycles. The van der Waals surface area contributed by atoms with Crippen LogP contribution in [-0.2, 0) is 12.6 Å². The Labute approximate surface area is 126 Å². The minimum Gasteiger partial charge on any atom is -0.271 e. The van der Waals surface area contributed by atoms with Crippen molar-refractivity contribution in [2.75, 3.05) is 0 Å². The summed E-state index contributed by atoms with van der Waals surface area (Å²) in [6, 6.07) is 7.12. The molecule has 1 aromatic heterocycles. The Morgan fingerprint density at radius 3 is 2.45 bits per heavy atom. The van der Waals surface area contributed by atoms with Crippen LogP contribution in [0.1, 0.15) is 21.5 Å². The molecule has 3 nitrogen and oxygen atoms in total. The second-order valence-corrected chi connectivity index (χ2v) is 6.09. The third-order valence-electron chi connectivity index (χ3n) is 2.66. The van der Waals surface area contributed by atoms with Gasteiger partial charge in [-0.25, -0.2) is 4.98 Å². The van der Waals surface area contributed by atoms with Crippen LogP contribution in [0.25, 0.3) is 0 Å². The van der Waals surface area contributed by atoms with Crippen molar-refractivity contribution in [2.45, 2.75) is 18.6 Å². The lowest BCUT2D eigenvalue weighted by Crippen LogP contribution is -2.28. The summed E-state index contributed by atoms with van der Waals surface area (Å²) in [5.41, 5.74) is 3.51. The van der Waals surface area contributed by atoms with E-state index in [1.165, 1.54) is 6.20 Å². The number of nitrogens with zero attached hydrogens (tertiary/aromatic N) is 1. The highest BCUT2D eigenvalue weighted by Crippen LogP contribution is 2.34. The Kier molecular flexibility index (Phi) is 4.79. The number of nitrogens with two attached hydrogens (primary N) is 1. The maximum Gasteiger partial charge on any atom is 0.443 e. The summed E-state index contributed by atoms with van der Waals surface area (Å²) < 4.78 is 38.5. The van der Waals surface area contributed by atoms with Gasteiger partial charge in [-0.2, -0.15) is 13.2 Å². The number of thiazole rings is 1. The maximum atomic E-state index is 12.5. The van der Waals surface area contributed by atoms with Crippen molar-refractivity contribution in [3.8, 4) is 0 Å². The van der Waals surface area contributed by atoms with Crippen molar-refractivity contribution in [1.82, 2.24) is 10.4 Å². The van der Waals surface area contributed by atoms with Crippen LogP contribution in [0, 0.1) is 0 Å². The van der Waals surface area contributed by atoms with E-state index >= 15 is 0 Å². The molecule has 20 heavy (non-hydrogen) atoms. The molecule has 1 aromatic carbocycles. The summed E-state index contributed by atoms with van der Waals surface area (Å²) in [6.07, 6.45) is -2.71. The Hall–Kier alpha value is -0.960. The number of aromatic nitrogens is 1. The number of alkyl halides is 3. The maximum absolute atomic E-state index is 12.5. The Morgan fingerprint density at radius 2 is 1.95 bits per heavy atom. The molecule has 1 atom stereocenters. The number of hydrogen-bond donors (Lipinski definition) is 2. The lowest BCUT2D eigenvalue weighted by atomic mass is 10.1. The number of rotatable bonds is 4. The highest BCUT2D eigenvalue weighted by atomic mass is 79.9. The first-order valence-electron chi connectivity index (χ1n) is 5.63. The van der Waals surface area contributed by atoms with Gasteiger partial charge < -0.3 is 0 Å². The Bertz CT molecular complexity index is 568. The average molecular weight is 366 g/mol. The SMILES string of the molecule is NNC(Cc1ccc(Br)cc1)c1cnc(C(F)(F)F)s1. The van der Waals surface area contributed by atoms with E-state index in [-0.39, 0.29) is 0 Å². The first-order chi connectivity index (χ1) is 9.40. The van der Waals surface area contributed by atoms with Gasteiger partial charge in [0, 0.05) is 15.5 Å². The summed E-state index contributed by atoms with van der Waals surface area (Å²) in [5, 5.41) is -0.858. The van der Waals surface area contributed by atoms with Gasteiger partial charge in [-0.1, -0.05) is 28.1 Å². The van der Waals surface area contributed by atoms with E-state index in [0.29, 0.717) is 22.6 Å². The molecule has 0 bridgehead atoms. The van der Waals surface area contributed by atoms with E-state index in [1.54, 1.807) is 0 Å². The number of hydrogen-bond acceptors (Lipinski definition) is 4. The number of nitrogens with one attached hydrogen (secondary N) is 1. The van der Waals surface area contributed by atoms with Crippen LogP contribution in [-0.4, -0.2) is 4.98 Å². The molecule has 2 rings (SSSR count). The summed E-state index contributed by atoms with van der Waals surface area (Å²) in [4.78, 5) is 3.86. The van der Waals surface area contributed by atoms with Crippen molar-refractivity contribution >= 4 is 27.3 Å². The van der Waals surface area contributed by atoms with E-state index in [2.05, 4.69) is 26.3 Å². The van der Waals surface area contributed by atoms with Gasteiger partial charge in [0.15, 0.2) is 5.01 Å². The van der Waals surface area contributed by atoms with Crippen molar-refractivity contribution in [2.24, 2.45) is 5.84 Å². The normalized spacial score (nSPS) is 13.4. The van der Waals surface area contributed by atoms with Crippen LogP contribution >= 0.6 is 27.3 Å². The highest BCUT2D eigenvalue weighted by Gasteiger charge is 2.35. The van der Waals surface area contributed by atoms with Gasteiger partial charge in [-0.3, -0.25) is 11.3 Å². The van der Waals surface area contributed by atoms with E-state index in [0.717, 1.165) is 10.0 Å². The zero-order valence-corrected chi connectivity index (χ0v) is 12.5. The van der Waals surface area contributed by atoms with Crippen LogP contribution in [0.15, 0.2) is 34.9 Å². The van der Waals surface area contributed by atoms with Crippen LogP contribution in [0.2, 0.25) is 0 Å². The quantitative estimate of drug-likeness (QED) is 0.641. The molecule has 0 saturated heterocycles. The summed E-state index contributed by atoms with van der Waals surface area (Å²) >= 11 is 3.93. The fourth-order valence-corrected chi connectivity index (χ4v) is 2.78. The lowest BCUT2D eigenvalue weighted by Gasteiger charge is -2.13. The molecule has 0 spiro atoms. The van der Waals surface area contributed by atoms with Gasteiger partial charge in [0.1, 0.15) is 0 Å². The fourth-order valence-electron chi connectivity index (χ4n) is 1.68. The molecule has 0 aliphatic rings. The average Bonchev–Trinajstić information content (AvgIpc) is 2.87. The van der Waals surface area contributed by atoms with Gasteiger partial charge in [0.25, 0.3) is 0 Å². The first kappa shape index (κ1) is 15.4. The van der Waals surface area contributed by atoms with Crippen molar-refractivity contribution in [1.29, 1.82) is 0 Å². The summed E-state index contributed by atoms with van der Waals surface area (Å²) in [6.45, 7) is 0. The molecule has 0 fully saturated rings. The molecular formula is C12H11BrF3N3S. The van der Waals surface area contributed by atoms with E-state index in [1.807, 2.05) is 24.3 Å². The van der Waals surface area contributed by atoms with Crippen molar-refractivity contribution in [3.63, 3.8) is 0 Å². The van der Waals surface area contributed by atoms with Gasteiger partial charge in [0.2, 0.25) is 0 Å². The number of halogens is 4. The second-order valence-electron chi connectivity index (χ2n) is 4.12. The number of hydrazine groups is 1. The molecule has 1 heterocycles. The molecule has 3 N–H and O–H groups in total. The van der Waals surface area contributed by atoms with Gasteiger partial charge in [-0.05, 0) is 24.1 Å². The van der Waals surface area contributed by atoms with Gasteiger partial charge >= 0.3 is 6.18 Å². The molecular weight excluding hydrogens is 355 g/mol. The molecule has 2 aromatic rings. The fraction of sp³-hybridized carbons (Fsp3) is 0.250. The first-order valence-corrected chi connectivity index (χ1v) is 7.24. The predicted molar refractivity (Wildman–Crippen MR) is 75.0 cm³/mol. The second kappa shape index (κ2) is 6.21. The van der Waals surface area contributed by atoms with Gasteiger partial charge in [0.05, 0.1) is 6.04 Å². The van der Waals surface area contributed by atoms with Crippen LogP contribution in [0.5, 0.6) is 0 Å². The minimum absolute atomic E-state index is 0.398. The monoisotopic (exact) mass is 365 g/mol. The van der Waals surface area contributed by atoms with E-state index in [9.17, 15) is 13.2 Å². The Morgan fingerprint density at radius 1 is 1.30 bits per heavy atom. The molecule has 8 heteroatoms. The summed E-state index contributed by atoms with van der Waals surface area (Å²) in [7, 11) is 0. The third kappa shape index (κ3) is 3.78. The highest BCUT2D eigenvalue weighted by molar-refractivity contribution is 9.10. The lowest BCUT2D eigenvalue weighted by molar-refractivity contribution is -0.137. The molecule has 1 unspecified atom stereocenters. The number of benzene rings is 1. The minimum atomic E-state index is -4.42. The largest absolute Gasteiger partial charge is 0.443 e. The Balaban J connectivity index is 2.16. The molecule has 0 amide bonds. The zero-order chi connectivity index (χ0) is 14.8.